The summed E-state index contributed by atoms with van der Waals surface area (Å²) in [7, 11) is -4.21. The van der Waals surface area contributed by atoms with Crippen LogP contribution in [0.1, 0.15) is 6.42 Å². The average molecular weight is 317 g/mol. The monoisotopic (exact) mass is 317 g/mol. The van der Waals surface area contributed by atoms with Crippen molar-refractivity contribution in [2.75, 3.05) is 4.72 Å². The first kappa shape index (κ1) is 16.9. The Morgan fingerprint density at radius 1 is 1.19 bits per heavy atom. The van der Waals surface area contributed by atoms with E-state index in [9.17, 15) is 18.0 Å². The highest BCUT2D eigenvalue weighted by atomic mass is 32.2. The molecular formula is C11H15N3O6S. The molecule has 0 bridgehead atoms. The van der Waals surface area contributed by atoms with E-state index in [-0.39, 0.29) is 5.69 Å². The summed E-state index contributed by atoms with van der Waals surface area (Å²) in [5.74, 6) is -2.90. The maximum atomic E-state index is 11.8. The molecule has 0 fully saturated rings. The lowest BCUT2D eigenvalue weighted by Crippen LogP contribution is -2.54. The van der Waals surface area contributed by atoms with Gasteiger partial charge in [-0.3, -0.25) is 14.3 Å². The van der Waals surface area contributed by atoms with Crippen molar-refractivity contribution in [3.05, 3.63) is 30.3 Å². The summed E-state index contributed by atoms with van der Waals surface area (Å²) in [5, 5.41) is 17.5. The van der Waals surface area contributed by atoms with Gasteiger partial charge in [0.2, 0.25) is 0 Å². The number of carboxylic acid groups (broad SMARTS) is 2. The number of carbonyl (C=O) groups is 2. The van der Waals surface area contributed by atoms with E-state index in [2.05, 4.69) is 4.72 Å². The van der Waals surface area contributed by atoms with E-state index in [4.69, 9.17) is 15.9 Å². The van der Waals surface area contributed by atoms with Crippen LogP contribution in [-0.2, 0) is 19.8 Å². The van der Waals surface area contributed by atoms with Crippen molar-refractivity contribution in [3.63, 3.8) is 0 Å². The number of hydrogen-bond donors (Lipinski definition) is 5. The van der Waals surface area contributed by atoms with Crippen LogP contribution in [0, 0.1) is 0 Å². The van der Waals surface area contributed by atoms with Crippen LogP contribution in [-0.4, -0.2) is 42.7 Å². The van der Waals surface area contributed by atoms with Crippen molar-refractivity contribution in [2.24, 2.45) is 5.73 Å². The van der Waals surface area contributed by atoms with Crippen LogP contribution in [0.2, 0.25) is 0 Å². The lowest BCUT2D eigenvalue weighted by Gasteiger charge is -2.20. The van der Waals surface area contributed by atoms with E-state index in [1.807, 2.05) is 4.72 Å². The lowest BCUT2D eigenvalue weighted by molar-refractivity contribution is -0.140. The molecule has 116 valence electrons. The van der Waals surface area contributed by atoms with Crippen LogP contribution in [0.3, 0.4) is 0 Å². The molecule has 0 aromatic heterocycles. The molecular weight excluding hydrogens is 302 g/mol. The van der Waals surface area contributed by atoms with Crippen molar-refractivity contribution < 1.29 is 28.2 Å². The van der Waals surface area contributed by atoms with E-state index in [0.29, 0.717) is 0 Å². The van der Waals surface area contributed by atoms with E-state index >= 15 is 0 Å². The quantitative estimate of drug-likeness (QED) is 0.419. The standard InChI is InChI=1S/C11H15N3O6S/c12-8(6-9(15)16)10(11(17)18)14-21(19,20)13-7-4-2-1-3-5-7/h1-5,8,10,13-14H,6,12H2,(H,15,16)(H,17,18)/t8?,10-/m0/s1. The zero-order valence-electron chi connectivity index (χ0n) is 10.8. The Labute approximate surface area is 121 Å². The lowest BCUT2D eigenvalue weighted by atomic mass is 10.1. The second kappa shape index (κ2) is 7.02. The first-order valence-electron chi connectivity index (χ1n) is 5.76. The number of nitrogens with one attached hydrogen (secondary N) is 2. The third-order valence-corrected chi connectivity index (χ3v) is 3.48. The third kappa shape index (κ3) is 5.77. The molecule has 1 rings (SSSR count). The van der Waals surface area contributed by atoms with Crippen molar-refractivity contribution >= 4 is 27.8 Å². The molecule has 0 spiro atoms. The summed E-state index contributed by atoms with van der Waals surface area (Å²) in [4.78, 5) is 21.6. The van der Waals surface area contributed by atoms with Crippen LogP contribution >= 0.6 is 0 Å². The van der Waals surface area contributed by atoms with Gasteiger partial charge in [0.1, 0.15) is 6.04 Å². The van der Waals surface area contributed by atoms with Gasteiger partial charge in [-0.25, -0.2) is 0 Å². The number of nitrogens with two attached hydrogens (primary N) is 1. The summed E-state index contributed by atoms with van der Waals surface area (Å²) in [6.07, 6.45) is -0.690. The summed E-state index contributed by atoms with van der Waals surface area (Å²) < 4.78 is 27.6. The normalized spacial score (nSPS) is 14.1. The Morgan fingerprint density at radius 3 is 2.24 bits per heavy atom. The molecule has 0 aliphatic rings. The molecule has 0 saturated carbocycles. The van der Waals surface area contributed by atoms with Crippen molar-refractivity contribution in [3.8, 4) is 0 Å². The molecule has 0 saturated heterocycles. The van der Waals surface area contributed by atoms with Crippen molar-refractivity contribution in [1.82, 2.24) is 4.72 Å². The molecule has 2 atom stereocenters. The van der Waals surface area contributed by atoms with E-state index < -0.39 is 40.7 Å². The van der Waals surface area contributed by atoms with E-state index in [1.54, 1.807) is 18.2 Å². The molecule has 0 radical (unpaired) electrons. The molecule has 9 nitrogen and oxygen atoms in total. The SMILES string of the molecule is NC(CC(=O)O)[C@H](NS(=O)(=O)Nc1ccccc1)C(=O)O. The van der Waals surface area contributed by atoms with Gasteiger partial charge in [0, 0.05) is 11.7 Å². The number of hydrogen-bond acceptors (Lipinski definition) is 5. The number of anilines is 1. The van der Waals surface area contributed by atoms with Crippen LogP contribution in [0.4, 0.5) is 5.69 Å². The van der Waals surface area contributed by atoms with Gasteiger partial charge in [-0.05, 0) is 12.1 Å². The second-order valence-electron chi connectivity index (χ2n) is 4.17. The highest BCUT2D eigenvalue weighted by Gasteiger charge is 2.31. The Morgan fingerprint density at radius 2 is 1.76 bits per heavy atom. The Hall–Kier alpha value is -2.17. The van der Waals surface area contributed by atoms with Gasteiger partial charge in [-0.15, -0.1) is 0 Å². The van der Waals surface area contributed by atoms with Crippen LogP contribution in [0.15, 0.2) is 30.3 Å². The van der Waals surface area contributed by atoms with Gasteiger partial charge in [0.25, 0.3) is 10.2 Å². The zero-order chi connectivity index (χ0) is 16.0. The van der Waals surface area contributed by atoms with Gasteiger partial charge < -0.3 is 15.9 Å². The van der Waals surface area contributed by atoms with Gasteiger partial charge in [0.15, 0.2) is 0 Å². The molecule has 21 heavy (non-hydrogen) atoms. The fourth-order valence-electron chi connectivity index (χ4n) is 1.50. The summed E-state index contributed by atoms with van der Waals surface area (Å²) >= 11 is 0. The molecule has 0 aliphatic heterocycles. The molecule has 0 heterocycles. The third-order valence-electron chi connectivity index (χ3n) is 2.41. The predicted molar refractivity (Wildman–Crippen MR) is 73.8 cm³/mol. The predicted octanol–water partition coefficient (Wildman–Crippen LogP) is -0.812. The molecule has 1 aromatic rings. The number of carboxylic acids is 2. The van der Waals surface area contributed by atoms with Crippen LogP contribution in [0.5, 0.6) is 0 Å². The minimum atomic E-state index is -4.21. The average Bonchev–Trinajstić information content (AvgIpc) is 2.35. The summed E-state index contributed by atoms with van der Waals surface area (Å²) in [6, 6.07) is 4.60. The molecule has 1 aromatic carbocycles. The number of benzene rings is 1. The maximum Gasteiger partial charge on any atom is 0.323 e. The maximum absolute atomic E-state index is 11.8. The topological polar surface area (TPSA) is 159 Å². The fourth-order valence-corrected chi connectivity index (χ4v) is 2.61. The first-order chi connectivity index (χ1) is 9.71. The highest BCUT2D eigenvalue weighted by molar-refractivity contribution is 7.90. The molecule has 0 amide bonds. The number of aliphatic carboxylic acids is 2. The van der Waals surface area contributed by atoms with Crippen LogP contribution in [0.25, 0.3) is 0 Å². The van der Waals surface area contributed by atoms with Gasteiger partial charge >= 0.3 is 11.9 Å². The van der Waals surface area contributed by atoms with Crippen molar-refractivity contribution in [1.29, 1.82) is 0 Å². The Kier molecular flexibility index (Phi) is 5.64. The first-order valence-corrected chi connectivity index (χ1v) is 7.25. The minimum Gasteiger partial charge on any atom is -0.481 e. The van der Waals surface area contributed by atoms with E-state index in [1.165, 1.54) is 12.1 Å². The molecule has 10 heteroatoms. The molecule has 0 aliphatic carbocycles. The van der Waals surface area contributed by atoms with Crippen LogP contribution < -0.4 is 15.2 Å². The highest BCUT2D eigenvalue weighted by Crippen LogP contribution is 2.08. The summed E-state index contributed by atoms with van der Waals surface area (Å²) in [5.41, 5.74) is 5.63. The Balaban J connectivity index is 2.82. The Bertz CT molecular complexity index is 604. The smallest absolute Gasteiger partial charge is 0.323 e. The van der Waals surface area contributed by atoms with Crippen molar-refractivity contribution in [2.45, 2.75) is 18.5 Å². The van der Waals surface area contributed by atoms with E-state index in [0.717, 1.165) is 0 Å². The zero-order valence-corrected chi connectivity index (χ0v) is 11.6. The largest absolute Gasteiger partial charge is 0.481 e. The summed E-state index contributed by atoms with van der Waals surface area (Å²) in [6.45, 7) is 0. The van der Waals surface area contributed by atoms with Gasteiger partial charge in [-0.2, -0.15) is 13.1 Å². The molecule has 1 unspecified atom stereocenters. The minimum absolute atomic E-state index is 0.223. The second-order valence-corrected chi connectivity index (χ2v) is 5.61. The van der Waals surface area contributed by atoms with Gasteiger partial charge in [0.05, 0.1) is 6.42 Å². The van der Waals surface area contributed by atoms with Gasteiger partial charge in [-0.1, -0.05) is 18.2 Å². The molecule has 6 N–H and O–H groups in total. The number of para-hydroxylation sites is 1. The number of rotatable bonds is 8. The fraction of sp³-hybridized carbons (Fsp3) is 0.273.